The third kappa shape index (κ3) is 8.41. The van der Waals surface area contributed by atoms with E-state index >= 15 is 0 Å². The van der Waals surface area contributed by atoms with E-state index < -0.39 is 11.6 Å². The van der Waals surface area contributed by atoms with Gasteiger partial charge in [-0.1, -0.05) is 13.8 Å². The maximum atomic E-state index is 13.6. The molecule has 0 spiro atoms. The molecule has 11 heteroatoms. The van der Waals surface area contributed by atoms with Gasteiger partial charge < -0.3 is 19.4 Å². The molecule has 3 heterocycles. The number of carbonyl (C=O) groups is 2. The van der Waals surface area contributed by atoms with Crippen molar-refractivity contribution in [3.8, 4) is 11.6 Å². The van der Waals surface area contributed by atoms with Crippen molar-refractivity contribution in [3.63, 3.8) is 0 Å². The molecule has 0 aromatic carbocycles. The van der Waals surface area contributed by atoms with Gasteiger partial charge in [0.2, 0.25) is 17.6 Å². The zero-order valence-corrected chi connectivity index (χ0v) is 22.5. The number of tetrazole rings is 1. The van der Waals surface area contributed by atoms with Crippen LogP contribution in [0, 0.1) is 12.8 Å². The lowest BCUT2D eigenvalue weighted by Crippen LogP contribution is -2.55. The van der Waals surface area contributed by atoms with Crippen molar-refractivity contribution in [1.82, 2.24) is 35.3 Å². The van der Waals surface area contributed by atoms with E-state index in [1.165, 1.54) is 4.80 Å². The second-order valence-electron chi connectivity index (χ2n) is 10.8. The summed E-state index contributed by atoms with van der Waals surface area (Å²) in [6, 6.07) is 3.00. The van der Waals surface area contributed by atoms with Gasteiger partial charge in [0.15, 0.2) is 5.76 Å². The first-order valence-electron chi connectivity index (χ1n) is 12.8. The van der Waals surface area contributed by atoms with E-state index in [0.717, 1.165) is 45.0 Å². The van der Waals surface area contributed by atoms with Crippen molar-refractivity contribution in [3.05, 3.63) is 17.9 Å². The van der Waals surface area contributed by atoms with Crippen molar-refractivity contribution in [2.24, 2.45) is 5.92 Å². The first-order valence-corrected chi connectivity index (χ1v) is 12.8. The van der Waals surface area contributed by atoms with Gasteiger partial charge in [-0.3, -0.25) is 14.5 Å². The topological polar surface area (TPSA) is 119 Å². The highest BCUT2D eigenvalue weighted by Crippen LogP contribution is 2.18. The molecule has 1 N–H and O–H groups in total. The van der Waals surface area contributed by atoms with Crippen LogP contribution in [0.2, 0.25) is 0 Å². The molecule has 0 unspecified atom stereocenters. The Morgan fingerprint density at radius 2 is 1.92 bits per heavy atom. The van der Waals surface area contributed by atoms with E-state index in [1.807, 2.05) is 33.8 Å². The number of aryl methyl sites for hydroxylation is 1. The van der Waals surface area contributed by atoms with Gasteiger partial charge in [0.05, 0.1) is 13.2 Å². The predicted molar refractivity (Wildman–Crippen MR) is 135 cm³/mol. The highest BCUT2D eigenvalue weighted by molar-refractivity contribution is 5.88. The number of carbonyl (C=O) groups excluding carboxylic acids is 2. The number of morpholine rings is 1. The van der Waals surface area contributed by atoms with Crippen LogP contribution in [0.25, 0.3) is 11.6 Å². The molecule has 1 aliphatic heterocycles. The van der Waals surface area contributed by atoms with Gasteiger partial charge >= 0.3 is 0 Å². The van der Waals surface area contributed by atoms with E-state index in [9.17, 15) is 9.59 Å². The van der Waals surface area contributed by atoms with Crippen LogP contribution in [0.4, 0.5) is 0 Å². The highest BCUT2D eigenvalue weighted by Gasteiger charge is 2.32. The molecule has 2 aromatic heterocycles. The Morgan fingerprint density at radius 1 is 1.19 bits per heavy atom. The van der Waals surface area contributed by atoms with Gasteiger partial charge in [0.25, 0.3) is 0 Å². The van der Waals surface area contributed by atoms with Crippen LogP contribution >= 0.6 is 0 Å². The number of ether oxygens (including phenoxy) is 1. The molecule has 3 rings (SSSR count). The first kappa shape index (κ1) is 27.8. The minimum absolute atomic E-state index is 0.109. The molecular weight excluding hydrogens is 462 g/mol. The van der Waals surface area contributed by atoms with Crippen LogP contribution in [0.5, 0.6) is 0 Å². The molecule has 36 heavy (non-hydrogen) atoms. The first-order chi connectivity index (χ1) is 17.0. The monoisotopic (exact) mass is 503 g/mol. The minimum atomic E-state index is -0.586. The summed E-state index contributed by atoms with van der Waals surface area (Å²) in [6.45, 7) is 16.2. The summed E-state index contributed by atoms with van der Waals surface area (Å²) in [5.74, 6) is 1.43. The molecule has 0 bridgehead atoms. The second kappa shape index (κ2) is 12.4. The van der Waals surface area contributed by atoms with Gasteiger partial charge in [-0.2, -0.15) is 4.80 Å². The van der Waals surface area contributed by atoms with Crippen molar-refractivity contribution in [2.75, 3.05) is 39.4 Å². The quantitative estimate of drug-likeness (QED) is 0.495. The normalized spacial score (nSPS) is 15.8. The number of amides is 2. The zero-order chi connectivity index (χ0) is 26.3. The lowest BCUT2D eigenvalue weighted by molar-refractivity contribution is -0.142. The van der Waals surface area contributed by atoms with Crippen LogP contribution in [-0.4, -0.2) is 92.8 Å². The Kier molecular flexibility index (Phi) is 9.61. The molecule has 200 valence electrons. The number of hydrogen-bond acceptors (Lipinski definition) is 8. The number of nitrogens with zero attached hydrogens (tertiary/aromatic N) is 6. The fourth-order valence-corrected chi connectivity index (χ4v) is 4.19. The summed E-state index contributed by atoms with van der Waals surface area (Å²) < 4.78 is 11.0. The third-order valence-electron chi connectivity index (χ3n) is 5.86. The van der Waals surface area contributed by atoms with Crippen LogP contribution in [0.15, 0.2) is 16.5 Å². The molecule has 1 atom stereocenters. The van der Waals surface area contributed by atoms with Crippen molar-refractivity contribution >= 4 is 11.8 Å². The van der Waals surface area contributed by atoms with Gasteiger partial charge in [0.1, 0.15) is 18.3 Å². The number of aromatic nitrogens is 4. The van der Waals surface area contributed by atoms with Crippen LogP contribution in [-0.2, 0) is 20.9 Å². The second-order valence-corrected chi connectivity index (χ2v) is 10.8. The summed E-state index contributed by atoms with van der Waals surface area (Å²) in [4.78, 5) is 32.2. The van der Waals surface area contributed by atoms with Crippen LogP contribution < -0.4 is 5.32 Å². The zero-order valence-electron chi connectivity index (χ0n) is 22.5. The molecule has 0 radical (unpaired) electrons. The molecular formula is C25H41N7O4. The average molecular weight is 504 g/mol. The fourth-order valence-electron chi connectivity index (χ4n) is 4.19. The molecule has 0 aliphatic carbocycles. The smallest absolute Gasteiger partial charge is 0.246 e. The van der Waals surface area contributed by atoms with Gasteiger partial charge in [0, 0.05) is 31.7 Å². The maximum Gasteiger partial charge on any atom is 0.246 e. The highest BCUT2D eigenvalue weighted by atomic mass is 16.5. The summed E-state index contributed by atoms with van der Waals surface area (Å²) in [6.07, 6.45) is 1.32. The molecule has 1 fully saturated rings. The van der Waals surface area contributed by atoms with E-state index in [0.29, 0.717) is 24.6 Å². The standard InChI is InChI=1S/C25H41N7O4/c1-18(2)16-20(24(34)26-25(4,5)6)31(11-7-10-30-12-14-35-15-13-30)22(33)17-32-28-23(27-29-32)21-9-8-19(3)36-21/h8-9,18,20H,7,10-17H2,1-6H3,(H,26,34)/t20-/m0/s1. The molecule has 11 nitrogen and oxygen atoms in total. The van der Waals surface area contributed by atoms with Crippen LogP contribution in [0.3, 0.4) is 0 Å². The molecule has 1 saturated heterocycles. The largest absolute Gasteiger partial charge is 0.458 e. The van der Waals surface area contributed by atoms with Gasteiger partial charge in [-0.05, 0) is 63.8 Å². The van der Waals surface area contributed by atoms with Crippen molar-refractivity contribution in [1.29, 1.82) is 0 Å². The lowest BCUT2D eigenvalue weighted by Gasteiger charge is -2.35. The molecule has 2 aromatic rings. The number of rotatable bonds is 11. The lowest BCUT2D eigenvalue weighted by atomic mass is 9.99. The number of nitrogens with one attached hydrogen (secondary N) is 1. The summed E-state index contributed by atoms with van der Waals surface area (Å²) >= 11 is 0. The third-order valence-corrected chi connectivity index (χ3v) is 5.86. The Labute approximate surface area is 213 Å². The summed E-state index contributed by atoms with van der Waals surface area (Å²) in [5.41, 5.74) is -0.404. The van der Waals surface area contributed by atoms with E-state index in [2.05, 4.69) is 39.5 Å². The predicted octanol–water partition coefficient (Wildman–Crippen LogP) is 2.12. The molecule has 0 saturated carbocycles. The Balaban J connectivity index is 1.76. The SMILES string of the molecule is Cc1ccc(-c2nnn(CC(=O)N(CCCN3CCOCC3)[C@@H](CC(C)C)C(=O)NC(C)(C)C)n2)o1. The summed E-state index contributed by atoms with van der Waals surface area (Å²) in [5, 5.41) is 15.5. The Morgan fingerprint density at radius 3 is 2.53 bits per heavy atom. The number of furan rings is 1. The van der Waals surface area contributed by atoms with E-state index in [-0.39, 0.29) is 24.3 Å². The Bertz CT molecular complexity index is 989. The molecule has 1 aliphatic rings. The van der Waals surface area contributed by atoms with Crippen molar-refractivity contribution in [2.45, 2.75) is 72.5 Å². The van der Waals surface area contributed by atoms with Crippen LogP contribution in [0.1, 0.15) is 53.2 Å². The average Bonchev–Trinajstić information content (AvgIpc) is 3.43. The maximum absolute atomic E-state index is 13.6. The van der Waals surface area contributed by atoms with E-state index in [1.54, 1.807) is 11.0 Å². The fraction of sp³-hybridized carbons (Fsp3) is 0.720. The summed E-state index contributed by atoms with van der Waals surface area (Å²) in [7, 11) is 0. The van der Waals surface area contributed by atoms with Gasteiger partial charge in [-0.15, -0.1) is 10.2 Å². The van der Waals surface area contributed by atoms with Crippen molar-refractivity contribution < 1.29 is 18.7 Å². The minimum Gasteiger partial charge on any atom is -0.458 e. The van der Waals surface area contributed by atoms with Gasteiger partial charge in [-0.25, -0.2) is 0 Å². The molecule has 2 amide bonds. The Hall–Kier alpha value is -2.79. The van der Waals surface area contributed by atoms with E-state index in [4.69, 9.17) is 9.15 Å². The number of hydrogen-bond donors (Lipinski definition) is 1.